The monoisotopic (exact) mass is 548 g/mol. The Morgan fingerprint density at radius 2 is 1.29 bits per heavy atom. The second kappa shape index (κ2) is 7.88. The number of fused-ring (bicyclic) bond motifs is 3. The second-order valence-corrected chi connectivity index (χ2v) is 9.20. The van der Waals surface area contributed by atoms with E-state index in [1.807, 2.05) is 0 Å². The molecule has 8 heteroatoms. The van der Waals surface area contributed by atoms with Gasteiger partial charge in [0.2, 0.25) is 0 Å². The first-order chi connectivity index (χ1) is 16.4. The van der Waals surface area contributed by atoms with Crippen LogP contribution in [0.5, 0.6) is 5.75 Å². The van der Waals surface area contributed by atoms with E-state index in [4.69, 9.17) is 0 Å². The Labute approximate surface area is 204 Å². The Bertz CT molecular complexity index is 1440. The van der Waals surface area contributed by atoms with E-state index in [1.54, 1.807) is 42.5 Å². The molecule has 0 aromatic heterocycles. The summed E-state index contributed by atoms with van der Waals surface area (Å²) in [5, 5.41) is 9.89. The van der Waals surface area contributed by atoms with Crippen molar-refractivity contribution in [2.75, 3.05) is 0 Å². The molecule has 0 fully saturated rings. The van der Waals surface area contributed by atoms with Crippen LogP contribution in [0.25, 0.3) is 11.1 Å². The van der Waals surface area contributed by atoms with Crippen LogP contribution in [0.2, 0.25) is 0 Å². The van der Waals surface area contributed by atoms with E-state index in [0.717, 1.165) is 6.07 Å². The van der Waals surface area contributed by atoms with Crippen molar-refractivity contribution < 1.29 is 31.4 Å². The quantitative estimate of drug-likeness (QED) is 0.219. The number of phenols is 1. The molecule has 1 nitrogen and oxygen atoms in total. The van der Waals surface area contributed by atoms with Gasteiger partial charge < -0.3 is 5.11 Å². The Morgan fingerprint density at radius 1 is 0.629 bits per heavy atom. The van der Waals surface area contributed by atoms with E-state index in [0.29, 0.717) is 38.4 Å². The van der Waals surface area contributed by atoms with Crippen molar-refractivity contribution in [3.63, 3.8) is 0 Å². The molecule has 0 amide bonds. The zero-order valence-electron chi connectivity index (χ0n) is 17.7. The van der Waals surface area contributed by atoms with Crippen molar-refractivity contribution in [1.29, 1.82) is 0 Å². The molecule has 1 aliphatic rings. The number of hydrogen-bond acceptors (Lipinski definition) is 1. The number of benzene rings is 4. The first-order valence-corrected chi connectivity index (χ1v) is 11.2. The van der Waals surface area contributed by atoms with Crippen molar-refractivity contribution in [2.45, 2.75) is 17.8 Å². The van der Waals surface area contributed by atoms with Crippen LogP contribution < -0.4 is 0 Å². The van der Waals surface area contributed by atoms with E-state index < -0.39 is 28.9 Å². The van der Waals surface area contributed by atoms with Gasteiger partial charge in [-0.15, -0.1) is 0 Å². The highest BCUT2D eigenvalue weighted by Gasteiger charge is 2.51. The average molecular weight is 549 g/mol. The van der Waals surface area contributed by atoms with Gasteiger partial charge in [0.15, 0.2) is 0 Å². The highest BCUT2D eigenvalue weighted by molar-refractivity contribution is 9.10. The second-order valence-electron chi connectivity index (χ2n) is 8.29. The van der Waals surface area contributed by atoms with Crippen LogP contribution in [0.1, 0.15) is 33.4 Å². The molecule has 1 unspecified atom stereocenters. The van der Waals surface area contributed by atoms with Gasteiger partial charge in [-0.3, -0.25) is 0 Å². The molecule has 0 aliphatic heterocycles. The lowest BCUT2D eigenvalue weighted by atomic mass is 9.66. The normalized spacial score (nSPS) is 17.2. The third-order valence-corrected chi connectivity index (χ3v) is 6.86. The van der Waals surface area contributed by atoms with Gasteiger partial charge in [-0.1, -0.05) is 64.5 Å². The van der Waals surface area contributed by atoms with Gasteiger partial charge >= 0.3 is 12.4 Å². The van der Waals surface area contributed by atoms with Gasteiger partial charge in [0, 0.05) is 4.47 Å². The molecule has 1 N–H and O–H groups in total. The first kappa shape index (κ1) is 23.5. The molecule has 0 bridgehead atoms. The molecule has 0 spiro atoms. The van der Waals surface area contributed by atoms with Crippen molar-refractivity contribution in [1.82, 2.24) is 0 Å². The Hall–Kier alpha value is -3.26. The van der Waals surface area contributed by atoms with Crippen LogP contribution in [0.3, 0.4) is 0 Å². The SMILES string of the molecule is Oc1ccc(C2(c3ccc(C(F)(F)F)cc3C(F)(F)F)c3ccccc3-c3ccc(Br)cc32)cc1. The average Bonchev–Trinajstić information content (AvgIpc) is 3.08. The summed E-state index contributed by atoms with van der Waals surface area (Å²) in [6.07, 6.45) is -10.0. The number of phenolic OH excluding ortho intramolecular Hbond substituents is 1. The van der Waals surface area contributed by atoms with Crippen molar-refractivity contribution in [3.8, 4) is 16.9 Å². The van der Waals surface area contributed by atoms with Gasteiger partial charge in [0.1, 0.15) is 5.75 Å². The lowest BCUT2D eigenvalue weighted by molar-refractivity contribution is -0.143. The molecule has 0 radical (unpaired) electrons. The smallest absolute Gasteiger partial charge is 0.416 e. The Kier molecular flexibility index (Phi) is 5.29. The number of aromatic hydroxyl groups is 1. The molecule has 4 aromatic rings. The summed E-state index contributed by atoms with van der Waals surface area (Å²) in [6.45, 7) is 0. The Balaban J connectivity index is 1.99. The predicted molar refractivity (Wildman–Crippen MR) is 123 cm³/mol. The molecule has 1 atom stereocenters. The van der Waals surface area contributed by atoms with Gasteiger partial charge in [0.25, 0.3) is 0 Å². The molecular weight excluding hydrogens is 534 g/mol. The summed E-state index contributed by atoms with van der Waals surface area (Å²) in [7, 11) is 0. The highest BCUT2D eigenvalue weighted by atomic mass is 79.9. The number of halogens is 7. The maximum Gasteiger partial charge on any atom is 0.416 e. The van der Waals surface area contributed by atoms with Crippen LogP contribution >= 0.6 is 15.9 Å². The lowest BCUT2D eigenvalue weighted by Gasteiger charge is -2.36. The fourth-order valence-electron chi connectivity index (χ4n) is 5.00. The topological polar surface area (TPSA) is 20.2 Å². The minimum atomic E-state index is -5.07. The molecule has 0 saturated heterocycles. The number of rotatable bonds is 2. The minimum Gasteiger partial charge on any atom is -0.508 e. The predicted octanol–water partition coefficient (Wildman–Crippen LogP) is 8.56. The van der Waals surface area contributed by atoms with Gasteiger partial charge in [-0.25, -0.2) is 0 Å². The van der Waals surface area contributed by atoms with Crippen molar-refractivity contribution >= 4 is 15.9 Å². The molecular formula is C27H15BrF6O. The molecule has 4 aromatic carbocycles. The van der Waals surface area contributed by atoms with Gasteiger partial charge in [-0.2, -0.15) is 26.3 Å². The molecule has 178 valence electrons. The fourth-order valence-corrected chi connectivity index (χ4v) is 5.36. The van der Waals surface area contributed by atoms with Crippen LogP contribution in [0.15, 0.2) is 89.4 Å². The molecule has 1 aliphatic carbocycles. The number of hydrogen-bond donors (Lipinski definition) is 1. The summed E-state index contributed by atoms with van der Waals surface area (Å²) < 4.78 is 84.3. The molecule has 35 heavy (non-hydrogen) atoms. The maximum absolute atomic E-state index is 14.4. The summed E-state index contributed by atoms with van der Waals surface area (Å²) in [5.74, 6) is -0.0897. The van der Waals surface area contributed by atoms with Gasteiger partial charge in [-0.05, 0) is 69.8 Å². The van der Waals surface area contributed by atoms with Crippen LogP contribution in [0, 0.1) is 0 Å². The first-order valence-electron chi connectivity index (χ1n) is 10.4. The van der Waals surface area contributed by atoms with Gasteiger partial charge in [0.05, 0.1) is 16.5 Å². The van der Waals surface area contributed by atoms with Crippen LogP contribution in [-0.4, -0.2) is 5.11 Å². The third-order valence-electron chi connectivity index (χ3n) is 6.36. The zero-order valence-corrected chi connectivity index (χ0v) is 19.3. The summed E-state index contributed by atoms with van der Waals surface area (Å²) in [6, 6.07) is 19.6. The van der Waals surface area contributed by atoms with E-state index in [2.05, 4.69) is 15.9 Å². The van der Waals surface area contributed by atoms with Crippen LogP contribution in [-0.2, 0) is 17.8 Å². The Morgan fingerprint density at radius 3 is 1.94 bits per heavy atom. The minimum absolute atomic E-state index is 0.0897. The standard InChI is InChI=1S/C27H15BrF6O/c28-17-8-11-20-19-3-1-2-4-21(19)25(23(20)14-17,15-5-9-18(35)10-6-15)22-12-7-16(26(29,30)31)13-24(22)27(32,33)34/h1-14,35H. The van der Waals surface area contributed by atoms with E-state index in [9.17, 15) is 31.4 Å². The largest absolute Gasteiger partial charge is 0.508 e. The van der Waals surface area contributed by atoms with E-state index >= 15 is 0 Å². The zero-order chi connectivity index (χ0) is 25.2. The highest BCUT2D eigenvalue weighted by Crippen LogP contribution is 2.58. The third kappa shape index (κ3) is 3.62. The maximum atomic E-state index is 14.4. The van der Waals surface area contributed by atoms with Crippen molar-refractivity contribution in [3.05, 3.63) is 123 Å². The lowest BCUT2D eigenvalue weighted by Crippen LogP contribution is -2.32. The number of alkyl halides is 6. The van der Waals surface area contributed by atoms with Crippen LogP contribution in [0.4, 0.5) is 26.3 Å². The molecule has 5 rings (SSSR count). The van der Waals surface area contributed by atoms with Crippen molar-refractivity contribution in [2.24, 2.45) is 0 Å². The molecule has 0 saturated carbocycles. The summed E-state index contributed by atoms with van der Waals surface area (Å²) >= 11 is 3.40. The molecule has 0 heterocycles. The summed E-state index contributed by atoms with van der Waals surface area (Å²) in [5.41, 5.74) is -1.94. The van der Waals surface area contributed by atoms with E-state index in [-0.39, 0.29) is 17.4 Å². The van der Waals surface area contributed by atoms with E-state index in [1.165, 1.54) is 24.3 Å². The summed E-state index contributed by atoms with van der Waals surface area (Å²) in [4.78, 5) is 0. The fraction of sp³-hybridized carbons (Fsp3) is 0.111.